The fourth-order valence-corrected chi connectivity index (χ4v) is 3.06. The molecule has 0 saturated carbocycles. The van der Waals surface area contributed by atoms with Gasteiger partial charge < -0.3 is 15.7 Å². The van der Waals surface area contributed by atoms with Crippen molar-refractivity contribution in [3.8, 4) is 0 Å². The molecule has 0 fully saturated rings. The van der Waals surface area contributed by atoms with Crippen molar-refractivity contribution in [3.63, 3.8) is 0 Å². The number of thiazole rings is 1. The van der Waals surface area contributed by atoms with E-state index in [2.05, 4.69) is 41.4 Å². The van der Waals surface area contributed by atoms with Crippen molar-refractivity contribution in [2.24, 2.45) is 16.8 Å². The molecule has 1 aromatic rings. The first-order valence-corrected chi connectivity index (χ1v) is 8.96. The van der Waals surface area contributed by atoms with Crippen LogP contribution in [0.1, 0.15) is 44.2 Å². The zero-order valence-corrected chi connectivity index (χ0v) is 15.0. The highest BCUT2D eigenvalue weighted by Crippen LogP contribution is 2.15. The van der Waals surface area contributed by atoms with Gasteiger partial charge in [-0.05, 0) is 38.5 Å². The van der Waals surface area contributed by atoms with Crippen LogP contribution in [0.15, 0.2) is 10.5 Å². The van der Waals surface area contributed by atoms with Crippen LogP contribution in [0, 0.1) is 18.8 Å². The molecule has 1 rings (SSSR count). The Labute approximate surface area is 138 Å². The number of nitrogens with zero attached hydrogens (tertiary/aromatic N) is 2. The smallest absolute Gasteiger partial charge is 0.191 e. The summed E-state index contributed by atoms with van der Waals surface area (Å²) in [5, 5.41) is 15.9. The number of aliphatic imine (C=N–C) groups is 1. The number of aromatic nitrogens is 1. The Balaban J connectivity index is 2.56. The number of aliphatic hydroxyl groups excluding tert-OH is 1. The number of hydrogen-bond acceptors (Lipinski definition) is 4. The molecule has 1 unspecified atom stereocenters. The molecular weight excluding hydrogens is 296 g/mol. The summed E-state index contributed by atoms with van der Waals surface area (Å²) >= 11 is 1.64. The minimum absolute atomic E-state index is 0.243. The Morgan fingerprint density at radius 3 is 2.73 bits per heavy atom. The van der Waals surface area contributed by atoms with Crippen LogP contribution in [-0.2, 0) is 6.54 Å². The summed E-state index contributed by atoms with van der Waals surface area (Å²) in [6, 6.07) is 0. The summed E-state index contributed by atoms with van der Waals surface area (Å²) in [5.41, 5.74) is 2.92. The minimum atomic E-state index is 0.243. The molecule has 0 saturated heterocycles. The number of nitrogens with one attached hydrogen (secondary N) is 2. The van der Waals surface area contributed by atoms with Crippen molar-refractivity contribution in [1.29, 1.82) is 0 Å². The van der Waals surface area contributed by atoms with Gasteiger partial charge in [-0.1, -0.05) is 13.8 Å². The predicted molar refractivity (Wildman–Crippen MR) is 94.3 cm³/mol. The lowest BCUT2D eigenvalue weighted by Crippen LogP contribution is -2.40. The van der Waals surface area contributed by atoms with Crippen LogP contribution in [0.2, 0.25) is 0 Å². The number of aliphatic hydroxyl groups is 1. The van der Waals surface area contributed by atoms with Crippen LogP contribution in [0.4, 0.5) is 0 Å². The summed E-state index contributed by atoms with van der Waals surface area (Å²) in [5.74, 6) is 1.94. The van der Waals surface area contributed by atoms with Gasteiger partial charge >= 0.3 is 0 Å². The van der Waals surface area contributed by atoms with Gasteiger partial charge in [0.25, 0.3) is 0 Å². The van der Waals surface area contributed by atoms with Crippen molar-refractivity contribution in [3.05, 3.63) is 16.1 Å². The molecule has 0 aliphatic heterocycles. The van der Waals surface area contributed by atoms with E-state index in [1.807, 2.05) is 12.4 Å². The molecule has 0 aromatic carbocycles. The van der Waals surface area contributed by atoms with Gasteiger partial charge in [0.05, 0.1) is 17.7 Å². The van der Waals surface area contributed by atoms with Gasteiger partial charge in [-0.3, -0.25) is 0 Å². The van der Waals surface area contributed by atoms with E-state index in [0.717, 1.165) is 37.6 Å². The molecule has 0 spiro atoms. The molecular formula is C16H30N4OS. The topological polar surface area (TPSA) is 69.5 Å². The fourth-order valence-electron chi connectivity index (χ4n) is 2.36. The van der Waals surface area contributed by atoms with Crippen LogP contribution in [0.5, 0.6) is 0 Å². The van der Waals surface area contributed by atoms with Crippen molar-refractivity contribution in [2.75, 3.05) is 19.7 Å². The molecule has 6 heteroatoms. The minimum Gasteiger partial charge on any atom is -0.396 e. The number of aryl methyl sites for hydroxylation is 1. The first-order valence-electron chi connectivity index (χ1n) is 8.08. The molecule has 126 valence electrons. The largest absolute Gasteiger partial charge is 0.396 e. The molecule has 0 aliphatic carbocycles. The zero-order valence-electron chi connectivity index (χ0n) is 14.2. The molecule has 0 aliphatic rings. The van der Waals surface area contributed by atoms with Crippen LogP contribution < -0.4 is 10.6 Å². The summed E-state index contributed by atoms with van der Waals surface area (Å²) < 4.78 is 0. The van der Waals surface area contributed by atoms with Crippen molar-refractivity contribution >= 4 is 17.3 Å². The zero-order chi connectivity index (χ0) is 16.4. The lowest BCUT2D eigenvalue weighted by molar-refractivity contribution is 0.243. The quantitative estimate of drug-likeness (QED) is 0.482. The standard InChI is InChI=1S/C16H30N4OS/c1-5-17-16(19-10-15-13(4)20-11-22-15)18-9-14(6-7-21)8-12(2)3/h11-12,14,21H,5-10H2,1-4H3,(H2,17,18,19). The third kappa shape index (κ3) is 7.22. The summed E-state index contributed by atoms with van der Waals surface area (Å²) in [7, 11) is 0. The van der Waals surface area contributed by atoms with Crippen molar-refractivity contribution < 1.29 is 5.11 Å². The molecule has 0 amide bonds. The summed E-state index contributed by atoms with van der Waals surface area (Å²) in [4.78, 5) is 10.1. The fraction of sp³-hybridized carbons (Fsp3) is 0.750. The Morgan fingerprint density at radius 2 is 2.18 bits per heavy atom. The second-order valence-electron chi connectivity index (χ2n) is 5.94. The van der Waals surface area contributed by atoms with E-state index in [-0.39, 0.29) is 6.61 Å². The second-order valence-corrected chi connectivity index (χ2v) is 6.88. The SMILES string of the molecule is CCNC(=NCc1scnc1C)NCC(CCO)CC(C)C. The van der Waals surface area contributed by atoms with E-state index >= 15 is 0 Å². The molecule has 1 aromatic heterocycles. The van der Waals surface area contributed by atoms with Gasteiger partial charge in [-0.15, -0.1) is 11.3 Å². The van der Waals surface area contributed by atoms with E-state index in [9.17, 15) is 5.11 Å². The van der Waals surface area contributed by atoms with Crippen LogP contribution in [0.3, 0.4) is 0 Å². The maximum atomic E-state index is 9.20. The maximum Gasteiger partial charge on any atom is 0.191 e. The van der Waals surface area contributed by atoms with Crippen LogP contribution in [0.25, 0.3) is 0 Å². The van der Waals surface area contributed by atoms with Crippen molar-refractivity contribution in [1.82, 2.24) is 15.6 Å². The number of hydrogen-bond donors (Lipinski definition) is 3. The van der Waals surface area contributed by atoms with E-state index in [0.29, 0.717) is 18.4 Å². The molecule has 0 radical (unpaired) electrons. The first kappa shape index (κ1) is 18.9. The molecule has 1 heterocycles. The average molecular weight is 327 g/mol. The highest BCUT2D eigenvalue weighted by Gasteiger charge is 2.11. The number of guanidine groups is 1. The lowest BCUT2D eigenvalue weighted by atomic mass is 9.94. The summed E-state index contributed by atoms with van der Waals surface area (Å²) in [6.07, 6.45) is 1.94. The van der Waals surface area contributed by atoms with Gasteiger partial charge in [-0.2, -0.15) is 0 Å². The normalized spacial score (nSPS) is 13.5. The highest BCUT2D eigenvalue weighted by molar-refractivity contribution is 7.09. The Kier molecular flexibility index (Phi) is 9.08. The molecule has 5 nitrogen and oxygen atoms in total. The molecule has 0 bridgehead atoms. The Bertz CT molecular complexity index is 445. The Morgan fingerprint density at radius 1 is 1.41 bits per heavy atom. The van der Waals surface area contributed by atoms with E-state index in [1.54, 1.807) is 11.3 Å². The molecule has 1 atom stereocenters. The lowest BCUT2D eigenvalue weighted by Gasteiger charge is -2.20. The predicted octanol–water partition coefficient (Wildman–Crippen LogP) is 2.55. The third-order valence-corrected chi connectivity index (χ3v) is 4.39. The van der Waals surface area contributed by atoms with Gasteiger partial charge in [0, 0.05) is 24.6 Å². The maximum absolute atomic E-state index is 9.20. The van der Waals surface area contributed by atoms with E-state index < -0.39 is 0 Å². The Hall–Kier alpha value is -1.14. The van der Waals surface area contributed by atoms with Gasteiger partial charge in [0.2, 0.25) is 0 Å². The number of rotatable bonds is 9. The van der Waals surface area contributed by atoms with Crippen LogP contribution >= 0.6 is 11.3 Å². The highest BCUT2D eigenvalue weighted by atomic mass is 32.1. The van der Waals surface area contributed by atoms with Gasteiger partial charge in [0.1, 0.15) is 0 Å². The van der Waals surface area contributed by atoms with E-state index in [1.165, 1.54) is 4.88 Å². The third-order valence-electron chi connectivity index (χ3n) is 3.47. The first-order chi connectivity index (χ1) is 10.6. The molecule has 3 N–H and O–H groups in total. The monoisotopic (exact) mass is 326 g/mol. The summed E-state index contributed by atoms with van der Waals surface area (Å²) in [6.45, 7) is 11.1. The average Bonchev–Trinajstić information content (AvgIpc) is 2.87. The van der Waals surface area contributed by atoms with E-state index in [4.69, 9.17) is 0 Å². The molecule has 22 heavy (non-hydrogen) atoms. The second kappa shape index (κ2) is 10.6. The van der Waals surface area contributed by atoms with Gasteiger partial charge in [0.15, 0.2) is 5.96 Å². The van der Waals surface area contributed by atoms with Gasteiger partial charge in [-0.25, -0.2) is 9.98 Å². The van der Waals surface area contributed by atoms with Crippen LogP contribution in [-0.4, -0.2) is 35.7 Å². The van der Waals surface area contributed by atoms with Crippen molar-refractivity contribution in [2.45, 2.75) is 47.1 Å².